The molecular formula is C14H15N3O2. The Labute approximate surface area is 110 Å². The zero-order valence-corrected chi connectivity index (χ0v) is 10.7. The number of para-hydroxylation sites is 1. The van der Waals surface area contributed by atoms with Gasteiger partial charge in [0.05, 0.1) is 4.92 Å². The van der Waals surface area contributed by atoms with E-state index in [-0.39, 0.29) is 16.1 Å². The van der Waals surface area contributed by atoms with Gasteiger partial charge in [0.15, 0.2) is 0 Å². The first-order chi connectivity index (χ1) is 9.09. The predicted octanol–water partition coefficient (Wildman–Crippen LogP) is 3.50. The standard InChI is InChI=1S/C14H15N3O2/c1-14(7-3-8-14)16-11-6-9-15-13-10(11)4-2-5-12(13)17(18)19/h2,4-6,9H,3,7-8H2,1H3,(H,15,16). The number of nitro groups is 1. The number of nitrogens with zero attached hydrogens (tertiary/aromatic N) is 2. The molecular weight excluding hydrogens is 242 g/mol. The van der Waals surface area contributed by atoms with Gasteiger partial charge in [-0.05, 0) is 32.3 Å². The molecule has 2 aromatic rings. The second-order valence-corrected chi connectivity index (χ2v) is 5.33. The van der Waals surface area contributed by atoms with Crippen LogP contribution >= 0.6 is 0 Å². The van der Waals surface area contributed by atoms with E-state index in [0.717, 1.165) is 23.9 Å². The van der Waals surface area contributed by atoms with Crippen LogP contribution in [0.4, 0.5) is 11.4 Å². The molecule has 1 aromatic carbocycles. The Kier molecular flexibility index (Phi) is 2.62. The fourth-order valence-corrected chi connectivity index (χ4v) is 2.57. The molecule has 1 aliphatic carbocycles. The molecule has 1 saturated carbocycles. The minimum atomic E-state index is -0.385. The number of pyridine rings is 1. The number of anilines is 1. The van der Waals surface area contributed by atoms with Crippen molar-refractivity contribution in [2.45, 2.75) is 31.7 Å². The summed E-state index contributed by atoms with van der Waals surface area (Å²) in [5.41, 5.74) is 1.54. The highest BCUT2D eigenvalue weighted by Crippen LogP contribution is 2.37. The Hall–Kier alpha value is -2.17. The Balaban J connectivity index is 2.10. The molecule has 1 aromatic heterocycles. The molecule has 1 heterocycles. The fraction of sp³-hybridized carbons (Fsp3) is 0.357. The van der Waals surface area contributed by atoms with Crippen LogP contribution in [0.5, 0.6) is 0 Å². The molecule has 0 unspecified atom stereocenters. The Morgan fingerprint density at radius 3 is 2.79 bits per heavy atom. The third kappa shape index (κ3) is 2.01. The van der Waals surface area contributed by atoms with Gasteiger partial charge in [-0.3, -0.25) is 10.1 Å². The molecule has 1 fully saturated rings. The molecule has 19 heavy (non-hydrogen) atoms. The maximum absolute atomic E-state index is 11.0. The van der Waals surface area contributed by atoms with E-state index in [0.29, 0.717) is 5.52 Å². The number of non-ortho nitro benzene ring substituents is 1. The van der Waals surface area contributed by atoms with Crippen molar-refractivity contribution in [3.8, 4) is 0 Å². The van der Waals surface area contributed by atoms with Gasteiger partial charge in [0.2, 0.25) is 0 Å². The van der Waals surface area contributed by atoms with E-state index in [1.165, 1.54) is 12.5 Å². The monoisotopic (exact) mass is 257 g/mol. The molecule has 0 atom stereocenters. The number of hydrogen-bond donors (Lipinski definition) is 1. The fourth-order valence-electron chi connectivity index (χ4n) is 2.57. The van der Waals surface area contributed by atoms with Crippen LogP contribution in [-0.2, 0) is 0 Å². The lowest BCUT2D eigenvalue weighted by Crippen LogP contribution is -2.41. The summed E-state index contributed by atoms with van der Waals surface area (Å²) in [4.78, 5) is 14.8. The quantitative estimate of drug-likeness (QED) is 0.675. The van der Waals surface area contributed by atoms with Gasteiger partial charge in [-0.1, -0.05) is 12.1 Å². The summed E-state index contributed by atoms with van der Waals surface area (Å²) >= 11 is 0. The summed E-state index contributed by atoms with van der Waals surface area (Å²) in [5, 5.41) is 15.3. The summed E-state index contributed by atoms with van der Waals surface area (Å²) in [6.45, 7) is 2.18. The van der Waals surface area contributed by atoms with Crippen LogP contribution in [0.2, 0.25) is 0 Å². The molecule has 5 nitrogen and oxygen atoms in total. The van der Waals surface area contributed by atoms with E-state index in [1.54, 1.807) is 12.3 Å². The highest BCUT2D eigenvalue weighted by molar-refractivity contribution is 5.96. The first kappa shape index (κ1) is 11.9. The van der Waals surface area contributed by atoms with Gasteiger partial charge in [-0.25, -0.2) is 4.98 Å². The van der Waals surface area contributed by atoms with Crippen LogP contribution in [0.3, 0.4) is 0 Å². The molecule has 0 saturated heterocycles. The zero-order valence-electron chi connectivity index (χ0n) is 10.7. The number of fused-ring (bicyclic) bond motifs is 1. The lowest BCUT2D eigenvalue weighted by atomic mass is 9.78. The molecule has 1 aliphatic rings. The first-order valence-electron chi connectivity index (χ1n) is 6.39. The summed E-state index contributed by atoms with van der Waals surface area (Å²) in [7, 11) is 0. The van der Waals surface area contributed by atoms with Gasteiger partial charge < -0.3 is 5.32 Å². The van der Waals surface area contributed by atoms with Gasteiger partial charge in [-0.15, -0.1) is 0 Å². The van der Waals surface area contributed by atoms with Gasteiger partial charge in [0.25, 0.3) is 5.69 Å². The summed E-state index contributed by atoms with van der Waals surface area (Å²) in [5.74, 6) is 0. The summed E-state index contributed by atoms with van der Waals surface area (Å²) < 4.78 is 0. The largest absolute Gasteiger partial charge is 0.379 e. The Morgan fingerprint density at radius 1 is 1.37 bits per heavy atom. The summed E-state index contributed by atoms with van der Waals surface area (Å²) in [6, 6.07) is 6.95. The number of aromatic nitrogens is 1. The number of nitro benzene ring substituents is 1. The van der Waals surface area contributed by atoms with E-state index in [2.05, 4.69) is 17.2 Å². The normalized spacial score (nSPS) is 16.9. The highest BCUT2D eigenvalue weighted by Gasteiger charge is 2.32. The second-order valence-electron chi connectivity index (χ2n) is 5.33. The zero-order chi connectivity index (χ0) is 13.5. The van der Waals surface area contributed by atoms with Gasteiger partial charge >= 0.3 is 0 Å². The van der Waals surface area contributed by atoms with Crippen molar-refractivity contribution in [1.82, 2.24) is 4.98 Å². The lowest BCUT2D eigenvalue weighted by Gasteiger charge is -2.40. The van der Waals surface area contributed by atoms with Crippen molar-refractivity contribution < 1.29 is 4.92 Å². The molecule has 0 aliphatic heterocycles. The van der Waals surface area contributed by atoms with Crippen molar-refractivity contribution >= 4 is 22.3 Å². The average molecular weight is 257 g/mol. The van der Waals surface area contributed by atoms with E-state index < -0.39 is 0 Å². The number of nitrogens with one attached hydrogen (secondary N) is 1. The van der Waals surface area contributed by atoms with Crippen molar-refractivity contribution in [2.24, 2.45) is 0 Å². The lowest BCUT2D eigenvalue weighted by molar-refractivity contribution is -0.383. The molecule has 0 bridgehead atoms. The van der Waals surface area contributed by atoms with Crippen molar-refractivity contribution in [1.29, 1.82) is 0 Å². The maximum Gasteiger partial charge on any atom is 0.295 e. The van der Waals surface area contributed by atoms with Crippen LogP contribution in [0.15, 0.2) is 30.5 Å². The third-order valence-corrected chi connectivity index (χ3v) is 3.84. The van der Waals surface area contributed by atoms with Crippen molar-refractivity contribution in [3.05, 3.63) is 40.6 Å². The molecule has 0 spiro atoms. The predicted molar refractivity (Wildman–Crippen MR) is 74.3 cm³/mol. The average Bonchev–Trinajstić information content (AvgIpc) is 2.36. The molecule has 0 amide bonds. The Morgan fingerprint density at radius 2 is 2.16 bits per heavy atom. The Bertz CT molecular complexity index is 650. The smallest absolute Gasteiger partial charge is 0.295 e. The summed E-state index contributed by atoms with van der Waals surface area (Å²) in [6.07, 6.45) is 5.11. The second kappa shape index (κ2) is 4.19. The molecule has 5 heteroatoms. The minimum Gasteiger partial charge on any atom is -0.379 e. The molecule has 3 rings (SSSR count). The highest BCUT2D eigenvalue weighted by atomic mass is 16.6. The van der Waals surface area contributed by atoms with Crippen molar-refractivity contribution in [3.63, 3.8) is 0 Å². The number of rotatable bonds is 3. The first-order valence-corrected chi connectivity index (χ1v) is 6.39. The van der Waals surface area contributed by atoms with Gasteiger partial charge in [0, 0.05) is 28.9 Å². The number of benzene rings is 1. The van der Waals surface area contributed by atoms with Crippen LogP contribution in [0.1, 0.15) is 26.2 Å². The molecule has 1 N–H and O–H groups in total. The topological polar surface area (TPSA) is 68.1 Å². The van der Waals surface area contributed by atoms with E-state index in [1.807, 2.05) is 12.1 Å². The maximum atomic E-state index is 11.0. The van der Waals surface area contributed by atoms with E-state index in [4.69, 9.17) is 0 Å². The van der Waals surface area contributed by atoms with Gasteiger partial charge in [-0.2, -0.15) is 0 Å². The minimum absolute atomic E-state index is 0.0555. The van der Waals surface area contributed by atoms with E-state index >= 15 is 0 Å². The third-order valence-electron chi connectivity index (χ3n) is 3.84. The van der Waals surface area contributed by atoms with Crippen LogP contribution in [-0.4, -0.2) is 15.4 Å². The van der Waals surface area contributed by atoms with Gasteiger partial charge in [0.1, 0.15) is 5.52 Å². The molecule has 98 valence electrons. The van der Waals surface area contributed by atoms with Crippen LogP contribution in [0.25, 0.3) is 10.9 Å². The molecule has 0 radical (unpaired) electrons. The van der Waals surface area contributed by atoms with Crippen LogP contribution in [0, 0.1) is 10.1 Å². The SMILES string of the molecule is CC1(Nc2ccnc3c([N+](=O)[O-])cccc23)CCC1. The van der Waals surface area contributed by atoms with Crippen molar-refractivity contribution in [2.75, 3.05) is 5.32 Å². The van der Waals surface area contributed by atoms with Crippen LogP contribution < -0.4 is 5.32 Å². The van der Waals surface area contributed by atoms with E-state index in [9.17, 15) is 10.1 Å². The number of hydrogen-bond acceptors (Lipinski definition) is 4.